The predicted molar refractivity (Wildman–Crippen MR) is 135 cm³/mol. The Kier molecular flexibility index (Phi) is 5.03. The first-order chi connectivity index (χ1) is 17.4. The molecule has 6 rings (SSSR count). The lowest BCUT2D eigenvalue weighted by molar-refractivity contribution is -0.253. The van der Waals surface area contributed by atoms with E-state index in [1.165, 1.54) is 0 Å². The third-order valence-electron chi connectivity index (χ3n) is 11.9. The fourth-order valence-corrected chi connectivity index (χ4v) is 9.63. The summed E-state index contributed by atoms with van der Waals surface area (Å²) in [5, 5.41) is 34.4. The van der Waals surface area contributed by atoms with Gasteiger partial charge in [-0.15, -0.1) is 0 Å². The van der Waals surface area contributed by atoms with Crippen molar-refractivity contribution < 1.29 is 39.2 Å². The highest BCUT2D eigenvalue weighted by Gasteiger charge is 2.75. The van der Waals surface area contributed by atoms with Crippen LogP contribution >= 0.6 is 0 Å². The molecule has 0 bridgehead atoms. The topological polar surface area (TPSA) is 130 Å². The van der Waals surface area contributed by atoms with Crippen molar-refractivity contribution in [2.75, 3.05) is 0 Å². The van der Waals surface area contributed by atoms with Gasteiger partial charge in [0.2, 0.25) is 5.79 Å². The molecule has 8 nitrogen and oxygen atoms in total. The van der Waals surface area contributed by atoms with Crippen molar-refractivity contribution in [1.82, 2.24) is 0 Å². The van der Waals surface area contributed by atoms with Crippen LogP contribution in [0.3, 0.4) is 0 Å². The maximum absolute atomic E-state index is 14.8. The SMILES string of the molecule is CC1CC2(CC(C)(O)C3=CC(O)C4(C)C5=C(C(=O)C(O2)C34C)C2(C)CCC(O)C(C)(C)C2CC5=O)OC1=O. The van der Waals surface area contributed by atoms with Crippen molar-refractivity contribution in [3.63, 3.8) is 0 Å². The second-order valence-corrected chi connectivity index (χ2v) is 14.4. The van der Waals surface area contributed by atoms with Crippen LogP contribution in [-0.4, -0.2) is 62.6 Å². The second kappa shape index (κ2) is 7.25. The molecule has 0 aromatic carbocycles. The number of hydrogen-bond donors (Lipinski definition) is 3. The van der Waals surface area contributed by atoms with E-state index in [0.717, 1.165) is 0 Å². The van der Waals surface area contributed by atoms with Crippen LogP contribution in [-0.2, 0) is 23.9 Å². The Morgan fingerprint density at radius 2 is 1.63 bits per heavy atom. The van der Waals surface area contributed by atoms with Crippen LogP contribution in [0, 0.1) is 33.5 Å². The summed E-state index contributed by atoms with van der Waals surface area (Å²) < 4.78 is 12.4. The number of hydrogen-bond acceptors (Lipinski definition) is 8. The zero-order valence-corrected chi connectivity index (χ0v) is 23.4. The summed E-state index contributed by atoms with van der Waals surface area (Å²) in [4.78, 5) is 41.5. The van der Waals surface area contributed by atoms with Gasteiger partial charge in [-0.1, -0.05) is 47.6 Å². The number of aliphatic hydroxyl groups excluding tert-OH is 2. The number of esters is 1. The average Bonchev–Trinajstić information content (AvgIpc) is 3.17. The molecule has 1 spiro atoms. The van der Waals surface area contributed by atoms with E-state index in [0.29, 0.717) is 29.6 Å². The molecule has 6 aliphatic rings. The molecule has 0 amide bonds. The monoisotopic (exact) mass is 528 g/mol. The minimum atomic E-state index is -1.56. The van der Waals surface area contributed by atoms with Crippen molar-refractivity contribution in [2.45, 2.75) is 110 Å². The lowest BCUT2D eigenvalue weighted by Crippen LogP contribution is -2.65. The number of ketones is 2. The van der Waals surface area contributed by atoms with E-state index in [1.807, 2.05) is 20.8 Å². The Morgan fingerprint density at radius 1 is 0.974 bits per heavy atom. The normalized spacial score (nSPS) is 53.3. The van der Waals surface area contributed by atoms with Crippen molar-refractivity contribution in [3.8, 4) is 0 Å². The fourth-order valence-electron chi connectivity index (χ4n) is 9.63. The highest BCUT2D eigenvalue weighted by molar-refractivity contribution is 6.14. The summed E-state index contributed by atoms with van der Waals surface area (Å²) in [6, 6.07) is 0. The fraction of sp³-hybridized carbons (Fsp3) is 0.767. The minimum absolute atomic E-state index is 0.0815. The van der Waals surface area contributed by atoms with Crippen LogP contribution < -0.4 is 0 Å². The Morgan fingerprint density at radius 3 is 2.24 bits per heavy atom. The molecule has 3 N–H and O–H groups in total. The second-order valence-electron chi connectivity index (χ2n) is 14.4. The molecule has 0 aromatic rings. The molecule has 10 atom stereocenters. The van der Waals surface area contributed by atoms with Gasteiger partial charge in [-0.2, -0.15) is 0 Å². The number of carbonyl (C=O) groups is 3. The summed E-state index contributed by atoms with van der Waals surface area (Å²) >= 11 is 0. The number of aliphatic hydroxyl groups is 3. The quantitative estimate of drug-likeness (QED) is 0.323. The van der Waals surface area contributed by atoms with Gasteiger partial charge in [-0.3, -0.25) is 14.4 Å². The van der Waals surface area contributed by atoms with E-state index in [1.54, 1.807) is 33.8 Å². The Bertz CT molecular complexity index is 1240. The van der Waals surface area contributed by atoms with Gasteiger partial charge in [0.15, 0.2) is 11.6 Å². The smallest absolute Gasteiger partial charge is 0.311 e. The van der Waals surface area contributed by atoms with E-state index in [4.69, 9.17) is 9.47 Å². The molecule has 10 unspecified atom stereocenters. The number of rotatable bonds is 0. The van der Waals surface area contributed by atoms with Crippen molar-refractivity contribution >= 4 is 17.5 Å². The maximum Gasteiger partial charge on any atom is 0.311 e. The first-order valence-electron chi connectivity index (χ1n) is 13.9. The van der Waals surface area contributed by atoms with Gasteiger partial charge in [0.05, 0.1) is 23.7 Å². The van der Waals surface area contributed by atoms with E-state index in [-0.39, 0.29) is 36.7 Å². The van der Waals surface area contributed by atoms with Gasteiger partial charge < -0.3 is 24.8 Å². The average molecular weight is 529 g/mol. The summed E-state index contributed by atoms with van der Waals surface area (Å²) in [6.07, 6.45) is -0.0464. The highest BCUT2D eigenvalue weighted by Crippen LogP contribution is 2.72. The zero-order chi connectivity index (χ0) is 28.0. The van der Waals surface area contributed by atoms with Gasteiger partial charge in [0, 0.05) is 46.7 Å². The van der Waals surface area contributed by atoms with Crippen molar-refractivity contribution in [1.29, 1.82) is 0 Å². The largest absolute Gasteiger partial charge is 0.433 e. The molecule has 4 aliphatic carbocycles. The molecule has 2 aliphatic heterocycles. The van der Waals surface area contributed by atoms with Gasteiger partial charge >= 0.3 is 5.97 Å². The molecule has 8 heteroatoms. The molecule has 2 heterocycles. The summed E-state index contributed by atoms with van der Waals surface area (Å²) in [6.45, 7) is 12.9. The summed E-state index contributed by atoms with van der Waals surface area (Å²) in [5.74, 6) is -3.23. The molecule has 1 saturated carbocycles. The number of carbonyl (C=O) groups excluding carboxylic acids is 3. The first-order valence-corrected chi connectivity index (χ1v) is 13.9. The van der Waals surface area contributed by atoms with Crippen LogP contribution in [0.1, 0.15) is 80.6 Å². The van der Waals surface area contributed by atoms with E-state index in [9.17, 15) is 29.7 Å². The predicted octanol–water partition coefficient (Wildman–Crippen LogP) is 2.77. The highest BCUT2D eigenvalue weighted by atomic mass is 16.7. The summed E-state index contributed by atoms with van der Waals surface area (Å²) in [7, 11) is 0. The maximum atomic E-state index is 14.8. The number of ether oxygens (including phenoxy) is 2. The van der Waals surface area contributed by atoms with Crippen molar-refractivity contribution in [3.05, 3.63) is 22.8 Å². The van der Waals surface area contributed by atoms with Gasteiger partial charge in [-0.25, -0.2) is 0 Å². The van der Waals surface area contributed by atoms with Crippen LogP contribution in [0.25, 0.3) is 0 Å². The third kappa shape index (κ3) is 2.78. The lowest BCUT2D eigenvalue weighted by atomic mass is 9.42. The Hall–Kier alpha value is -1.87. The van der Waals surface area contributed by atoms with E-state index >= 15 is 0 Å². The standard InChI is InChI=1S/C30H40O8/c1-14-12-30(38-24(14)35)13-27(5,36)17-11-19(33)29(7)20-15(31)10-16-25(2,3)18(32)8-9-26(16,4)21(20)22(34)23(37-30)28(17,29)6/h11,14,16,18-19,23,32-33,36H,8-10,12-13H2,1-7H3. The van der Waals surface area contributed by atoms with E-state index in [2.05, 4.69) is 0 Å². The zero-order valence-electron chi connectivity index (χ0n) is 23.4. The molecular formula is C30H40O8. The summed E-state index contributed by atoms with van der Waals surface area (Å²) in [5.41, 5.74) is -4.23. The van der Waals surface area contributed by atoms with Crippen LogP contribution in [0.15, 0.2) is 22.8 Å². The molecule has 2 saturated heterocycles. The molecular weight excluding hydrogens is 488 g/mol. The molecule has 208 valence electrons. The molecule has 0 radical (unpaired) electrons. The molecule has 3 fully saturated rings. The van der Waals surface area contributed by atoms with Crippen LogP contribution in [0.4, 0.5) is 0 Å². The first kappa shape index (κ1) is 26.4. The van der Waals surface area contributed by atoms with Gasteiger partial charge in [0.1, 0.15) is 6.10 Å². The van der Waals surface area contributed by atoms with Crippen LogP contribution in [0.2, 0.25) is 0 Å². The van der Waals surface area contributed by atoms with Gasteiger partial charge in [-0.05, 0) is 36.7 Å². The molecule has 38 heavy (non-hydrogen) atoms. The number of Topliss-reactive ketones (excluding diaryl/α,β-unsaturated/α-hetero) is 2. The van der Waals surface area contributed by atoms with Crippen LogP contribution in [0.5, 0.6) is 0 Å². The Labute approximate surface area is 223 Å². The van der Waals surface area contributed by atoms with E-state index < -0.39 is 63.2 Å². The third-order valence-corrected chi connectivity index (χ3v) is 11.9. The molecule has 0 aromatic heterocycles. The Balaban J connectivity index is 1.62. The lowest BCUT2D eigenvalue weighted by Gasteiger charge is -2.61. The van der Waals surface area contributed by atoms with Gasteiger partial charge in [0.25, 0.3) is 0 Å². The number of fused-ring (bicyclic) bond motifs is 3. The minimum Gasteiger partial charge on any atom is -0.433 e. The van der Waals surface area contributed by atoms with Crippen molar-refractivity contribution in [2.24, 2.45) is 33.5 Å².